The van der Waals surface area contributed by atoms with E-state index in [4.69, 9.17) is 0 Å². The summed E-state index contributed by atoms with van der Waals surface area (Å²) in [6, 6.07) is 9.11. The number of amides is 3. The van der Waals surface area contributed by atoms with Crippen LogP contribution in [0.3, 0.4) is 0 Å². The molecule has 0 aliphatic carbocycles. The van der Waals surface area contributed by atoms with Gasteiger partial charge in [-0.05, 0) is 31.0 Å². The summed E-state index contributed by atoms with van der Waals surface area (Å²) in [4.78, 5) is 25.0. The SMILES string of the molecule is Cc1cccc(-c2nnc(NC(=O)C(NC(=O)Nc3ccc(F)c(F)c3)C(C)C)s2)c1. The molecular formula is C21H21F2N5O2S. The van der Waals surface area contributed by atoms with Gasteiger partial charge in [-0.3, -0.25) is 10.1 Å². The van der Waals surface area contributed by atoms with Gasteiger partial charge in [0, 0.05) is 17.3 Å². The fourth-order valence-electron chi connectivity index (χ4n) is 2.77. The van der Waals surface area contributed by atoms with Crippen molar-refractivity contribution in [3.05, 3.63) is 59.7 Å². The molecule has 3 N–H and O–H groups in total. The maximum Gasteiger partial charge on any atom is 0.319 e. The molecule has 0 saturated carbocycles. The summed E-state index contributed by atoms with van der Waals surface area (Å²) in [5.41, 5.74) is 2.03. The highest BCUT2D eigenvalue weighted by atomic mass is 32.1. The summed E-state index contributed by atoms with van der Waals surface area (Å²) < 4.78 is 26.3. The molecule has 0 radical (unpaired) electrons. The second kappa shape index (κ2) is 9.61. The molecule has 0 bridgehead atoms. The summed E-state index contributed by atoms with van der Waals surface area (Å²) in [7, 11) is 0. The smallest absolute Gasteiger partial charge is 0.319 e. The zero-order valence-electron chi connectivity index (χ0n) is 17.1. The lowest BCUT2D eigenvalue weighted by Gasteiger charge is -2.21. The number of hydrogen-bond donors (Lipinski definition) is 3. The molecular weight excluding hydrogens is 424 g/mol. The summed E-state index contributed by atoms with van der Waals surface area (Å²) in [5.74, 6) is -2.83. The average Bonchev–Trinajstić information content (AvgIpc) is 3.17. The minimum atomic E-state index is -1.09. The van der Waals surface area contributed by atoms with Crippen LogP contribution in [0.1, 0.15) is 19.4 Å². The first-order valence-corrected chi connectivity index (χ1v) is 10.3. The molecule has 1 atom stereocenters. The van der Waals surface area contributed by atoms with E-state index in [0.717, 1.165) is 23.3 Å². The van der Waals surface area contributed by atoms with Crippen molar-refractivity contribution in [2.45, 2.75) is 26.8 Å². The Morgan fingerprint density at radius 1 is 1.00 bits per heavy atom. The lowest BCUT2D eigenvalue weighted by Crippen LogP contribution is -2.48. The molecule has 7 nitrogen and oxygen atoms in total. The van der Waals surface area contributed by atoms with Gasteiger partial charge in [-0.1, -0.05) is 48.9 Å². The van der Waals surface area contributed by atoms with E-state index in [1.54, 1.807) is 13.8 Å². The number of nitrogens with zero attached hydrogens (tertiary/aromatic N) is 2. The molecule has 3 amide bonds. The van der Waals surface area contributed by atoms with Crippen LogP contribution in [-0.2, 0) is 4.79 Å². The number of urea groups is 1. The van der Waals surface area contributed by atoms with Crippen LogP contribution < -0.4 is 16.0 Å². The average molecular weight is 445 g/mol. The summed E-state index contributed by atoms with van der Waals surface area (Å²) in [5, 5.41) is 16.7. The lowest BCUT2D eigenvalue weighted by atomic mass is 10.0. The monoisotopic (exact) mass is 445 g/mol. The third-order valence-electron chi connectivity index (χ3n) is 4.33. The van der Waals surface area contributed by atoms with Gasteiger partial charge in [0.25, 0.3) is 0 Å². The van der Waals surface area contributed by atoms with Gasteiger partial charge in [0.05, 0.1) is 0 Å². The zero-order chi connectivity index (χ0) is 22.5. The molecule has 1 aromatic heterocycles. The highest BCUT2D eigenvalue weighted by molar-refractivity contribution is 7.18. The van der Waals surface area contributed by atoms with Crippen LogP contribution in [0.5, 0.6) is 0 Å². The topological polar surface area (TPSA) is 96.0 Å². The number of anilines is 2. The first kappa shape index (κ1) is 22.3. The fraction of sp³-hybridized carbons (Fsp3) is 0.238. The van der Waals surface area contributed by atoms with Gasteiger partial charge in [0.2, 0.25) is 11.0 Å². The van der Waals surface area contributed by atoms with Crippen molar-refractivity contribution in [1.82, 2.24) is 15.5 Å². The summed E-state index contributed by atoms with van der Waals surface area (Å²) in [6.07, 6.45) is 0. The lowest BCUT2D eigenvalue weighted by molar-refractivity contribution is -0.118. The minimum Gasteiger partial charge on any atom is -0.326 e. The van der Waals surface area contributed by atoms with Crippen LogP contribution in [-0.4, -0.2) is 28.2 Å². The Morgan fingerprint density at radius 2 is 1.77 bits per heavy atom. The predicted molar refractivity (Wildman–Crippen MR) is 116 cm³/mol. The van der Waals surface area contributed by atoms with Crippen LogP contribution >= 0.6 is 11.3 Å². The third kappa shape index (κ3) is 5.82. The molecule has 31 heavy (non-hydrogen) atoms. The van der Waals surface area contributed by atoms with Gasteiger partial charge in [0.1, 0.15) is 11.0 Å². The maximum absolute atomic E-state index is 13.3. The van der Waals surface area contributed by atoms with E-state index in [2.05, 4.69) is 26.1 Å². The minimum absolute atomic E-state index is 0.0613. The Hall–Kier alpha value is -3.40. The number of aromatic nitrogens is 2. The fourth-order valence-corrected chi connectivity index (χ4v) is 3.51. The van der Waals surface area contributed by atoms with Crippen molar-refractivity contribution < 1.29 is 18.4 Å². The number of carbonyl (C=O) groups is 2. The van der Waals surface area contributed by atoms with E-state index < -0.39 is 29.6 Å². The van der Waals surface area contributed by atoms with E-state index in [1.807, 2.05) is 31.2 Å². The summed E-state index contributed by atoms with van der Waals surface area (Å²) >= 11 is 1.22. The molecule has 0 spiro atoms. The Bertz CT molecular complexity index is 1100. The van der Waals surface area contributed by atoms with Crippen molar-refractivity contribution in [1.29, 1.82) is 0 Å². The van der Waals surface area contributed by atoms with Gasteiger partial charge >= 0.3 is 6.03 Å². The van der Waals surface area contributed by atoms with Crippen molar-refractivity contribution in [2.75, 3.05) is 10.6 Å². The largest absolute Gasteiger partial charge is 0.326 e. The number of hydrogen-bond acceptors (Lipinski definition) is 5. The van der Waals surface area contributed by atoms with Crippen molar-refractivity contribution in [3.8, 4) is 10.6 Å². The molecule has 1 heterocycles. The second-order valence-corrected chi connectivity index (χ2v) is 8.20. The molecule has 3 rings (SSSR count). The van der Waals surface area contributed by atoms with Crippen LogP contribution in [0.2, 0.25) is 0 Å². The van der Waals surface area contributed by atoms with Crippen LogP contribution in [0, 0.1) is 24.5 Å². The molecule has 0 fully saturated rings. The third-order valence-corrected chi connectivity index (χ3v) is 5.22. The molecule has 3 aromatic rings. The summed E-state index contributed by atoms with van der Waals surface area (Å²) in [6.45, 7) is 5.50. The number of carbonyl (C=O) groups excluding carboxylic acids is 2. The Kier molecular flexibility index (Phi) is 6.91. The number of rotatable bonds is 6. The molecule has 10 heteroatoms. The molecule has 0 saturated heterocycles. The van der Waals surface area contributed by atoms with E-state index in [9.17, 15) is 18.4 Å². The second-order valence-electron chi connectivity index (χ2n) is 7.22. The zero-order valence-corrected chi connectivity index (χ0v) is 17.9. The van der Waals surface area contributed by atoms with Gasteiger partial charge < -0.3 is 10.6 Å². The highest BCUT2D eigenvalue weighted by Gasteiger charge is 2.25. The van der Waals surface area contributed by atoms with E-state index >= 15 is 0 Å². The Balaban J connectivity index is 1.65. The van der Waals surface area contributed by atoms with Crippen LogP contribution in [0.15, 0.2) is 42.5 Å². The highest BCUT2D eigenvalue weighted by Crippen LogP contribution is 2.27. The molecule has 2 aromatic carbocycles. The first-order valence-electron chi connectivity index (χ1n) is 9.47. The van der Waals surface area contributed by atoms with Gasteiger partial charge in [-0.15, -0.1) is 10.2 Å². The van der Waals surface area contributed by atoms with Gasteiger partial charge in [-0.2, -0.15) is 0 Å². The van der Waals surface area contributed by atoms with Crippen molar-refractivity contribution in [3.63, 3.8) is 0 Å². The molecule has 0 aliphatic heterocycles. The molecule has 1 unspecified atom stereocenters. The number of nitrogens with one attached hydrogen (secondary N) is 3. The number of aryl methyl sites for hydroxylation is 1. The first-order chi connectivity index (χ1) is 14.7. The normalized spacial score (nSPS) is 11.8. The number of halogens is 2. The van der Waals surface area contributed by atoms with Crippen LogP contribution in [0.4, 0.5) is 24.4 Å². The molecule has 162 valence electrons. The van der Waals surface area contributed by atoms with Crippen molar-refractivity contribution in [2.24, 2.45) is 5.92 Å². The van der Waals surface area contributed by atoms with E-state index in [1.165, 1.54) is 17.4 Å². The van der Waals surface area contributed by atoms with Crippen molar-refractivity contribution >= 4 is 34.1 Å². The maximum atomic E-state index is 13.3. The van der Waals surface area contributed by atoms with E-state index in [-0.39, 0.29) is 11.6 Å². The van der Waals surface area contributed by atoms with Gasteiger partial charge in [-0.25, -0.2) is 13.6 Å². The standard InChI is InChI=1S/C21H21F2N5O2S/c1-11(2)17(25-20(30)24-14-7-8-15(22)16(23)10-14)18(29)26-21-28-27-19(31-21)13-6-4-5-12(3)9-13/h4-11,17H,1-3H3,(H2,24,25,30)(H,26,28,29). The van der Waals surface area contributed by atoms with Crippen LogP contribution in [0.25, 0.3) is 10.6 Å². The van der Waals surface area contributed by atoms with E-state index in [0.29, 0.717) is 10.1 Å². The Morgan fingerprint density at radius 3 is 2.45 bits per heavy atom. The van der Waals surface area contributed by atoms with Gasteiger partial charge in [0.15, 0.2) is 11.6 Å². The Labute approximate surface area is 181 Å². The number of benzene rings is 2. The quantitative estimate of drug-likeness (QED) is 0.518. The predicted octanol–water partition coefficient (Wildman–Crippen LogP) is 4.58. The molecule has 0 aliphatic rings.